The first kappa shape index (κ1) is 23.1. The molecule has 6 aliphatic rings. The topological polar surface area (TPSA) is 105 Å². The number of piperidine rings is 2. The molecule has 37 heavy (non-hydrogen) atoms. The molecule has 2 aliphatic carbocycles. The number of hydrogen-bond acceptors (Lipinski definition) is 7. The Bertz CT molecular complexity index is 1290. The van der Waals surface area contributed by atoms with E-state index in [0.29, 0.717) is 41.9 Å². The fraction of sp³-hybridized carbons (Fsp3) is 0.519. The van der Waals surface area contributed by atoms with Gasteiger partial charge < -0.3 is 9.64 Å². The minimum Gasteiger partial charge on any atom is -0.489 e. The van der Waals surface area contributed by atoms with Crippen LogP contribution in [0.15, 0.2) is 30.6 Å². The highest BCUT2D eigenvalue weighted by atomic mass is 35.5. The van der Waals surface area contributed by atoms with Crippen LogP contribution < -0.4 is 10.1 Å². The molecule has 5 heterocycles. The zero-order chi connectivity index (χ0) is 25.3. The lowest BCUT2D eigenvalue weighted by atomic mass is 9.63. The van der Waals surface area contributed by atoms with Crippen LogP contribution in [-0.4, -0.2) is 68.3 Å². The van der Waals surface area contributed by atoms with Crippen LogP contribution in [0.4, 0.5) is 0 Å². The summed E-state index contributed by atoms with van der Waals surface area (Å²) in [7, 11) is 0. The van der Waals surface area contributed by atoms with Gasteiger partial charge in [0.25, 0.3) is 11.8 Å². The molecule has 2 saturated carbocycles. The molecule has 0 radical (unpaired) electrons. The van der Waals surface area contributed by atoms with Crippen LogP contribution in [0.3, 0.4) is 0 Å². The molecule has 3 saturated heterocycles. The number of fused-ring (bicyclic) bond motifs is 3. The number of nitrogens with zero attached hydrogens (tertiary/aromatic N) is 4. The maximum atomic E-state index is 13.2. The monoisotopic (exact) mass is 521 g/mol. The fourth-order valence-electron chi connectivity index (χ4n) is 6.80. The number of aromatic nitrogens is 2. The Balaban J connectivity index is 1.03. The van der Waals surface area contributed by atoms with Crippen molar-refractivity contribution in [3.05, 3.63) is 52.6 Å². The number of amides is 3. The molecule has 9 nitrogen and oxygen atoms in total. The third-order valence-corrected chi connectivity index (χ3v) is 9.13. The van der Waals surface area contributed by atoms with Crippen LogP contribution in [0.25, 0.3) is 0 Å². The highest BCUT2D eigenvalue weighted by molar-refractivity contribution is 6.30. The number of hydrogen-bond donors (Lipinski definition) is 1. The van der Waals surface area contributed by atoms with Crippen LogP contribution in [0, 0.1) is 5.92 Å². The van der Waals surface area contributed by atoms with Crippen molar-refractivity contribution in [2.45, 2.75) is 68.7 Å². The Morgan fingerprint density at radius 3 is 2.54 bits per heavy atom. The molecule has 10 heteroatoms. The summed E-state index contributed by atoms with van der Waals surface area (Å²) in [6, 6.07) is 5.98. The van der Waals surface area contributed by atoms with Gasteiger partial charge in [0.1, 0.15) is 23.2 Å². The zero-order valence-corrected chi connectivity index (χ0v) is 21.1. The highest BCUT2D eigenvalue weighted by Crippen LogP contribution is 2.49. The van der Waals surface area contributed by atoms with Crippen molar-refractivity contribution >= 4 is 29.3 Å². The molecule has 1 aromatic heterocycles. The van der Waals surface area contributed by atoms with Crippen LogP contribution in [0.1, 0.15) is 66.2 Å². The van der Waals surface area contributed by atoms with E-state index in [0.717, 1.165) is 49.5 Å². The molecule has 3 amide bonds. The minimum atomic E-state index is -0.897. The predicted molar refractivity (Wildman–Crippen MR) is 133 cm³/mol. The number of carbonyl (C=O) groups excluding carboxylic acids is 3. The van der Waals surface area contributed by atoms with Crippen molar-refractivity contribution in [1.29, 1.82) is 0 Å². The second-order valence-electron chi connectivity index (χ2n) is 11.1. The quantitative estimate of drug-likeness (QED) is 0.603. The smallest absolute Gasteiger partial charge is 0.255 e. The summed E-state index contributed by atoms with van der Waals surface area (Å²) in [6.45, 7) is 2.18. The van der Waals surface area contributed by atoms with Gasteiger partial charge in [-0.05, 0) is 55.9 Å². The minimum absolute atomic E-state index is 0.0770. The second kappa shape index (κ2) is 8.49. The Morgan fingerprint density at radius 2 is 1.78 bits per heavy atom. The van der Waals surface area contributed by atoms with E-state index in [1.807, 2.05) is 18.2 Å². The van der Waals surface area contributed by atoms with Crippen LogP contribution in [0.2, 0.25) is 5.02 Å². The van der Waals surface area contributed by atoms with E-state index >= 15 is 0 Å². The molecular formula is C27H28ClN5O4. The molecule has 8 rings (SSSR count). The molecular weight excluding hydrogens is 494 g/mol. The summed E-state index contributed by atoms with van der Waals surface area (Å²) in [5.74, 6) is 1.03. The number of carbonyl (C=O) groups is 3. The van der Waals surface area contributed by atoms with Gasteiger partial charge in [0, 0.05) is 55.5 Å². The van der Waals surface area contributed by atoms with Crippen molar-refractivity contribution < 1.29 is 19.1 Å². The summed E-state index contributed by atoms with van der Waals surface area (Å²) in [5, 5.41) is 2.99. The average molecular weight is 522 g/mol. The first-order valence-corrected chi connectivity index (χ1v) is 13.5. The van der Waals surface area contributed by atoms with E-state index in [-0.39, 0.29) is 29.7 Å². The number of nitrogens with one attached hydrogen (secondary N) is 1. The van der Waals surface area contributed by atoms with E-state index in [4.69, 9.17) is 16.3 Å². The van der Waals surface area contributed by atoms with Gasteiger partial charge in [0.05, 0.1) is 5.02 Å². The SMILES string of the molecule is O=C1NC(=O)C2(N3Cc4cc(O[C@H]5CCCCC5N5CC(c6ncc(Cl)cn6)C5)ccc4C3=O)CC1C2. The molecule has 192 valence electrons. The average Bonchev–Trinajstić information content (AvgIpc) is 3.15. The Kier molecular flexibility index (Phi) is 5.30. The molecule has 2 aromatic rings. The van der Waals surface area contributed by atoms with Crippen LogP contribution >= 0.6 is 11.6 Å². The number of likely N-dealkylation sites (tertiary alicyclic amines) is 1. The van der Waals surface area contributed by atoms with Gasteiger partial charge in [0.2, 0.25) is 5.91 Å². The van der Waals surface area contributed by atoms with Crippen molar-refractivity contribution in [2.24, 2.45) is 5.92 Å². The van der Waals surface area contributed by atoms with Crippen LogP contribution in [0.5, 0.6) is 5.75 Å². The van der Waals surface area contributed by atoms with Gasteiger partial charge in [-0.3, -0.25) is 24.6 Å². The lowest BCUT2D eigenvalue weighted by Gasteiger charge is -2.53. The first-order valence-electron chi connectivity index (χ1n) is 13.1. The fourth-order valence-corrected chi connectivity index (χ4v) is 6.90. The van der Waals surface area contributed by atoms with Gasteiger partial charge in [-0.1, -0.05) is 18.0 Å². The van der Waals surface area contributed by atoms with Crippen molar-refractivity contribution in [3.63, 3.8) is 0 Å². The summed E-state index contributed by atoms with van der Waals surface area (Å²) in [4.78, 5) is 50.6. The third-order valence-electron chi connectivity index (χ3n) is 8.94. The van der Waals surface area contributed by atoms with Gasteiger partial charge in [-0.25, -0.2) is 9.97 Å². The molecule has 4 aliphatic heterocycles. The van der Waals surface area contributed by atoms with Gasteiger partial charge in [-0.2, -0.15) is 0 Å². The third kappa shape index (κ3) is 3.66. The largest absolute Gasteiger partial charge is 0.489 e. The van der Waals surface area contributed by atoms with Gasteiger partial charge >= 0.3 is 0 Å². The maximum absolute atomic E-state index is 13.2. The van der Waals surface area contributed by atoms with Crippen molar-refractivity contribution in [3.8, 4) is 5.75 Å². The highest BCUT2D eigenvalue weighted by Gasteiger charge is 2.63. The maximum Gasteiger partial charge on any atom is 0.255 e. The van der Waals surface area contributed by atoms with E-state index in [1.165, 1.54) is 6.42 Å². The standard InChI is InChI=1S/C27H28ClN5O4/c28-18-10-29-23(30-11-18)17-12-32(13-17)21-3-1-2-4-22(21)37-19-5-6-20-15(7-19)14-33(25(20)35)27-8-16(9-27)24(34)31-26(27)36/h5-7,10-11,16-17,21-22H,1-4,8-9,12-14H2,(H,31,34,36)/t16?,21?,22-,27?/m0/s1. The Morgan fingerprint density at radius 1 is 1.03 bits per heavy atom. The molecule has 0 spiro atoms. The van der Waals surface area contributed by atoms with E-state index in [1.54, 1.807) is 17.3 Å². The summed E-state index contributed by atoms with van der Waals surface area (Å²) in [5.41, 5.74) is 0.594. The molecule has 2 atom stereocenters. The van der Waals surface area contributed by atoms with Crippen molar-refractivity contribution in [1.82, 2.24) is 25.1 Å². The summed E-state index contributed by atoms with van der Waals surface area (Å²) in [6.07, 6.45) is 8.62. The van der Waals surface area contributed by atoms with Crippen molar-refractivity contribution in [2.75, 3.05) is 13.1 Å². The first-order chi connectivity index (χ1) is 17.9. The summed E-state index contributed by atoms with van der Waals surface area (Å²) < 4.78 is 6.55. The molecule has 2 bridgehead atoms. The number of benzene rings is 1. The van der Waals surface area contributed by atoms with Gasteiger partial charge in [-0.15, -0.1) is 0 Å². The molecule has 1 N–H and O–H groups in total. The normalized spacial score (nSPS) is 31.4. The van der Waals surface area contributed by atoms with E-state index in [9.17, 15) is 14.4 Å². The molecule has 5 fully saturated rings. The van der Waals surface area contributed by atoms with Crippen LogP contribution in [-0.2, 0) is 16.1 Å². The number of halogens is 1. The van der Waals surface area contributed by atoms with E-state index in [2.05, 4.69) is 20.2 Å². The summed E-state index contributed by atoms with van der Waals surface area (Å²) >= 11 is 5.93. The molecule has 1 aromatic carbocycles. The van der Waals surface area contributed by atoms with Gasteiger partial charge in [0.15, 0.2) is 0 Å². The predicted octanol–water partition coefficient (Wildman–Crippen LogP) is 2.68. The number of imide groups is 1. The lowest BCUT2D eigenvalue weighted by molar-refractivity contribution is -0.160. The number of rotatable bonds is 5. The second-order valence-corrected chi connectivity index (χ2v) is 11.5. The van der Waals surface area contributed by atoms with E-state index < -0.39 is 5.54 Å². The number of ether oxygens (including phenoxy) is 1. The molecule has 1 unspecified atom stereocenters. The Hall–Kier alpha value is -3.04. The Labute approximate surface area is 219 Å². The zero-order valence-electron chi connectivity index (χ0n) is 20.4. The lowest BCUT2D eigenvalue weighted by Crippen LogP contribution is -2.73.